The third kappa shape index (κ3) is 4.73. The van der Waals surface area contributed by atoms with E-state index in [1.54, 1.807) is 18.2 Å². The number of benzene rings is 2. The van der Waals surface area contributed by atoms with Gasteiger partial charge < -0.3 is 5.32 Å². The summed E-state index contributed by atoms with van der Waals surface area (Å²) in [6, 6.07) is 9.31. The van der Waals surface area contributed by atoms with Gasteiger partial charge in [0, 0.05) is 11.3 Å². The van der Waals surface area contributed by atoms with Crippen LogP contribution in [0.1, 0.15) is 22.3 Å². The number of amides is 1. The largest absolute Gasteiger partial charge is 0.376 e. The maximum atomic E-state index is 11.9. The first-order chi connectivity index (χ1) is 11.4. The molecule has 0 radical (unpaired) electrons. The highest BCUT2D eigenvalue weighted by molar-refractivity contribution is 6.38. The predicted molar refractivity (Wildman–Crippen MR) is 101 cm³/mol. The lowest BCUT2D eigenvalue weighted by Crippen LogP contribution is -2.26. The normalized spacial score (nSPS) is 10.9. The lowest BCUT2D eigenvalue weighted by Gasteiger charge is -2.13. The van der Waals surface area contributed by atoms with Gasteiger partial charge in [0.25, 0.3) is 5.91 Å². The minimum atomic E-state index is -0.256. The molecule has 0 fully saturated rings. The van der Waals surface area contributed by atoms with E-state index in [9.17, 15) is 4.79 Å². The highest BCUT2D eigenvalue weighted by Gasteiger charge is 2.06. The quantitative estimate of drug-likeness (QED) is 0.607. The van der Waals surface area contributed by atoms with E-state index in [1.807, 2.05) is 20.8 Å². The van der Waals surface area contributed by atoms with Crippen molar-refractivity contribution in [2.45, 2.75) is 20.8 Å². The van der Waals surface area contributed by atoms with Crippen molar-refractivity contribution in [2.75, 3.05) is 11.9 Å². The van der Waals surface area contributed by atoms with E-state index < -0.39 is 0 Å². The van der Waals surface area contributed by atoms with Crippen LogP contribution in [0.4, 0.5) is 5.69 Å². The molecule has 6 heteroatoms. The third-order valence-electron chi connectivity index (χ3n) is 3.49. The highest BCUT2D eigenvalue weighted by atomic mass is 35.5. The van der Waals surface area contributed by atoms with Gasteiger partial charge in [0.05, 0.1) is 22.8 Å². The number of carbonyl (C=O) groups is 1. The Hall–Kier alpha value is -2.04. The first-order valence-electron chi connectivity index (χ1n) is 7.46. The molecule has 24 heavy (non-hydrogen) atoms. The van der Waals surface area contributed by atoms with Crippen molar-refractivity contribution in [2.24, 2.45) is 5.10 Å². The number of hydrogen-bond acceptors (Lipinski definition) is 3. The Morgan fingerprint density at radius 1 is 1.12 bits per heavy atom. The molecule has 2 rings (SSSR count). The molecule has 0 unspecified atom stereocenters. The number of hydrogen-bond donors (Lipinski definition) is 2. The van der Waals surface area contributed by atoms with Crippen molar-refractivity contribution in [1.29, 1.82) is 0 Å². The molecule has 4 nitrogen and oxygen atoms in total. The zero-order valence-corrected chi connectivity index (χ0v) is 15.3. The van der Waals surface area contributed by atoms with Gasteiger partial charge in [-0.05, 0) is 44.0 Å². The van der Waals surface area contributed by atoms with Gasteiger partial charge >= 0.3 is 0 Å². The van der Waals surface area contributed by atoms with Crippen LogP contribution < -0.4 is 10.7 Å². The summed E-state index contributed by atoms with van der Waals surface area (Å²) < 4.78 is 0. The number of hydrazone groups is 1. The monoisotopic (exact) mass is 363 g/mol. The average Bonchev–Trinajstić information content (AvgIpc) is 2.49. The highest BCUT2D eigenvalue weighted by Crippen LogP contribution is 2.22. The van der Waals surface area contributed by atoms with Crippen molar-refractivity contribution in [3.63, 3.8) is 0 Å². The molecule has 126 valence electrons. The van der Waals surface area contributed by atoms with E-state index in [-0.39, 0.29) is 12.5 Å². The van der Waals surface area contributed by atoms with E-state index in [2.05, 4.69) is 28.0 Å². The molecule has 2 N–H and O–H groups in total. The van der Waals surface area contributed by atoms with E-state index in [0.717, 1.165) is 16.8 Å². The van der Waals surface area contributed by atoms with Gasteiger partial charge in [-0.3, -0.25) is 4.79 Å². The molecule has 2 aromatic rings. The molecule has 0 aliphatic carbocycles. The van der Waals surface area contributed by atoms with Crippen molar-refractivity contribution in [3.05, 3.63) is 62.6 Å². The second kappa shape index (κ2) is 8.18. The number of halogens is 2. The van der Waals surface area contributed by atoms with E-state index in [0.29, 0.717) is 15.6 Å². The molecule has 0 saturated carbocycles. The second-order valence-corrected chi connectivity index (χ2v) is 6.37. The lowest BCUT2D eigenvalue weighted by molar-refractivity contribution is -0.119. The molecule has 0 bridgehead atoms. The van der Waals surface area contributed by atoms with Gasteiger partial charge in [-0.2, -0.15) is 5.10 Å². The molecule has 0 atom stereocenters. The first-order valence-corrected chi connectivity index (χ1v) is 8.21. The average molecular weight is 364 g/mol. The molecular formula is C18H19Cl2N3O. The number of rotatable bonds is 5. The van der Waals surface area contributed by atoms with E-state index in [4.69, 9.17) is 23.2 Å². The second-order valence-electron chi connectivity index (χ2n) is 5.56. The molecule has 0 aliphatic heterocycles. The lowest BCUT2D eigenvalue weighted by atomic mass is 10.1. The summed E-state index contributed by atoms with van der Waals surface area (Å²) in [6.07, 6.45) is 1.44. The topological polar surface area (TPSA) is 53.5 Å². The first kappa shape index (κ1) is 18.3. The van der Waals surface area contributed by atoms with Crippen molar-refractivity contribution >= 4 is 41.0 Å². The van der Waals surface area contributed by atoms with Crippen LogP contribution in [0.25, 0.3) is 0 Å². The molecule has 0 heterocycles. The summed E-state index contributed by atoms with van der Waals surface area (Å²) >= 11 is 12.1. The zero-order valence-electron chi connectivity index (χ0n) is 13.8. The smallest absolute Gasteiger partial charge is 0.259 e. The Morgan fingerprint density at radius 2 is 1.71 bits per heavy atom. The zero-order chi connectivity index (χ0) is 17.7. The Morgan fingerprint density at radius 3 is 2.29 bits per heavy atom. The number of carbonyl (C=O) groups excluding carboxylic acids is 1. The predicted octanol–water partition coefficient (Wildman–Crippen LogP) is 4.48. The molecule has 0 aliphatic rings. The van der Waals surface area contributed by atoms with Gasteiger partial charge in [-0.15, -0.1) is 0 Å². The van der Waals surface area contributed by atoms with Crippen molar-refractivity contribution < 1.29 is 4.79 Å². The minimum Gasteiger partial charge on any atom is -0.376 e. The van der Waals surface area contributed by atoms with Crippen LogP contribution in [0.5, 0.6) is 0 Å². The van der Waals surface area contributed by atoms with Crippen LogP contribution in [0.3, 0.4) is 0 Å². The minimum absolute atomic E-state index is 0.123. The molecule has 1 amide bonds. The third-order valence-corrected chi connectivity index (χ3v) is 4.14. The molecule has 0 spiro atoms. The number of anilines is 1. The van der Waals surface area contributed by atoms with Gasteiger partial charge in [0.1, 0.15) is 0 Å². The Labute approximate surface area is 151 Å². The van der Waals surface area contributed by atoms with Crippen LogP contribution in [0, 0.1) is 20.8 Å². The number of nitrogens with zero attached hydrogens (tertiary/aromatic N) is 1. The fourth-order valence-corrected chi connectivity index (χ4v) is 2.96. The van der Waals surface area contributed by atoms with Crippen molar-refractivity contribution in [1.82, 2.24) is 5.43 Å². The van der Waals surface area contributed by atoms with E-state index in [1.165, 1.54) is 11.8 Å². The summed E-state index contributed by atoms with van der Waals surface area (Å²) in [6.45, 7) is 6.19. The molecule has 0 aromatic heterocycles. The van der Waals surface area contributed by atoms with Gasteiger partial charge in [0.15, 0.2) is 0 Å². The van der Waals surface area contributed by atoms with E-state index >= 15 is 0 Å². The van der Waals surface area contributed by atoms with Crippen LogP contribution in [-0.2, 0) is 4.79 Å². The Kier molecular flexibility index (Phi) is 6.23. The van der Waals surface area contributed by atoms with Crippen LogP contribution >= 0.6 is 23.2 Å². The van der Waals surface area contributed by atoms with Crippen LogP contribution in [0.2, 0.25) is 10.0 Å². The Balaban J connectivity index is 1.94. The number of aryl methyl sites for hydroxylation is 3. The summed E-state index contributed by atoms with van der Waals surface area (Å²) in [4.78, 5) is 11.9. The number of nitrogens with one attached hydrogen (secondary N) is 2. The standard InChI is InChI=1S/C18H19Cl2N3O/c1-11-7-12(2)18(13(3)8-11)21-10-17(24)23-22-9-14-15(19)5-4-6-16(14)20/h4-9,21H,10H2,1-3H3,(H,23,24)/b22-9-. The summed E-state index contributed by atoms with van der Waals surface area (Å²) in [5.74, 6) is -0.256. The maximum absolute atomic E-state index is 11.9. The van der Waals surface area contributed by atoms with Crippen molar-refractivity contribution in [3.8, 4) is 0 Å². The van der Waals surface area contributed by atoms with Gasteiger partial charge in [0.2, 0.25) is 0 Å². The fraction of sp³-hybridized carbons (Fsp3) is 0.222. The van der Waals surface area contributed by atoms with Gasteiger partial charge in [-0.1, -0.05) is 47.0 Å². The maximum Gasteiger partial charge on any atom is 0.259 e. The summed E-state index contributed by atoms with van der Waals surface area (Å²) in [7, 11) is 0. The fourth-order valence-electron chi connectivity index (χ4n) is 2.47. The van der Waals surface area contributed by atoms with Crippen LogP contribution in [0.15, 0.2) is 35.4 Å². The van der Waals surface area contributed by atoms with Crippen LogP contribution in [-0.4, -0.2) is 18.7 Å². The Bertz CT molecular complexity index is 745. The van der Waals surface area contributed by atoms with Gasteiger partial charge in [-0.25, -0.2) is 5.43 Å². The SMILES string of the molecule is Cc1cc(C)c(NCC(=O)N/N=C\c2c(Cl)cccc2Cl)c(C)c1. The summed E-state index contributed by atoms with van der Waals surface area (Å²) in [5.41, 5.74) is 7.39. The molecular weight excluding hydrogens is 345 g/mol. The molecule has 2 aromatic carbocycles. The molecule has 0 saturated heterocycles. The summed E-state index contributed by atoms with van der Waals surface area (Å²) in [5, 5.41) is 8.00.